The van der Waals surface area contributed by atoms with Gasteiger partial charge in [-0.15, -0.1) is 0 Å². The van der Waals surface area contributed by atoms with E-state index in [4.69, 9.17) is 4.98 Å². The first-order valence-corrected chi connectivity index (χ1v) is 12.9. The molecule has 3 nitrogen and oxygen atoms in total. The molecule has 0 atom stereocenters. The molecule has 2 aromatic carbocycles. The lowest BCUT2D eigenvalue weighted by Crippen LogP contribution is -2.27. The number of hydrogen-bond acceptors (Lipinski definition) is 1. The van der Waals surface area contributed by atoms with Crippen molar-refractivity contribution in [3.8, 4) is 0 Å². The van der Waals surface area contributed by atoms with Crippen molar-refractivity contribution in [3.63, 3.8) is 0 Å². The topological polar surface area (TPSA) is 21.2 Å². The molecule has 0 radical (unpaired) electrons. The molecule has 3 heterocycles. The van der Waals surface area contributed by atoms with Crippen molar-refractivity contribution in [2.24, 2.45) is 7.05 Å². The molecule has 0 unspecified atom stereocenters. The Morgan fingerprint density at radius 2 is 1.52 bits per heavy atom. The summed E-state index contributed by atoms with van der Waals surface area (Å²) in [6.45, 7) is 2.23. The highest BCUT2D eigenvalue weighted by atomic mass is 15.1. The van der Waals surface area contributed by atoms with Crippen LogP contribution in [0, 0.1) is 6.92 Å². The van der Waals surface area contributed by atoms with E-state index in [9.17, 15) is 0 Å². The lowest BCUT2D eigenvalue weighted by Gasteiger charge is -2.21. The third-order valence-electron chi connectivity index (χ3n) is 8.68. The minimum Gasteiger partial charge on any atom is -0.255 e. The molecule has 0 spiro atoms. The molecule has 0 N–H and O–H groups in total. The Morgan fingerprint density at radius 1 is 0.848 bits per heavy atom. The number of fused-ring (bicyclic) bond motifs is 8. The van der Waals surface area contributed by atoms with Crippen LogP contribution in [0.3, 0.4) is 0 Å². The second kappa shape index (κ2) is 7.28. The van der Waals surface area contributed by atoms with Gasteiger partial charge in [0.25, 0.3) is 5.65 Å². The Morgan fingerprint density at radius 3 is 2.24 bits per heavy atom. The Bertz CT molecular complexity index is 1550. The minimum atomic E-state index is 0.719. The SMILES string of the molecule is Cc1ccnc2c3cc(C4CCCC4)c(C4CCCC4)cc3n3c4ccccc4[n+](C)c3c12. The molecular formula is C30H32N3+. The van der Waals surface area contributed by atoms with E-state index in [1.807, 2.05) is 6.20 Å². The van der Waals surface area contributed by atoms with Crippen molar-refractivity contribution >= 4 is 38.5 Å². The summed E-state index contributed by atoms with van der Waals surface area (Å²) in [5, 5.41) is 2.61. The predicted octanol–water partition coefficient (Wildman–Crippen LogP) is 7.24. The molecule has 2 aliphatic carbocycles. The number of imidazole rings is 1. The normalized spacial score (nSPS) is 18.0. The Labute approximate surface area is 195 Å². The zero-order chi connectivity index (χ0) is 22.1. The summed E-state index contributed by atoms with van der Waals surface area (Å²) in [7, 11) is 2.21. The van der Waals surface area contributed by atoms with Crippen LogP contribution in [0.25, 0.3) is 38.5 Å². The van der Waals surface area contributed by atoms with Gasteiger partial charge in [-0.25, -0.2) is 4.57 Å². The van der Waals surface area contributed by atoms with E-state index < -0.39 is 0 Å². The molecule has 166 valence electrons. The average molecular weight is 435 g/mol. The largest absolute Gasteiger partial charge is 0.297 e. The molecule has 33 heavy (non-hydrogen) atoms. The van der Waals surface area contributed by atoms with Gasteiger partial charge < -0.3 is 0 Å². The van der Waals surface area contributed by atoms with Crippen LogP contribution in [0.1, 0.15) is 79.9 Å². The van der Waals surface area contributed by atoms with Gasteiger partial charge in [0.1, 0.15) is 5.52 Å². The van der Waals surface area contributed by atoms with E-state index in [1.54, 1.807) is 11.1 Å². The minimum absolute atomic E-state index is 0.719. The maximum Gasteiger partial charge on any atom is 0.297 e. The van der Waals surface area contributed by atoms with Crippen LogP contribution in [0.2, 0.25) is 0 Å². The standard InChI is InChI=1S/C30H32N3/c1-19-15-16-31-29-24-17-22(20-9-3-4-10-20)23(21-11-5-6-12-21)18-27(24)33-26-14-8-7-13-25(26)32(2)30(33)28(19)29/h7-8,13-18,20-21H,3-6,9-12H2,1-2H3/q+1. The zero-order valence-corrected chi connectivity index (χ0v) is 19.8. The van der Waals surface area contributed by atoms with Crippen LogP contribution in [0.5, 0.6) is 0 Å². The maximum atomic E-state index is 5.00. The first kappa shape index (κ1) is 19.5. The first-order chi connectivity index (χ1) is 16.2. The number of aryl methyl sites for hydroxylation is 2. The highest BCUT2D eigenvalue weighted by molar-refractivity contribution is 6.12. The maximum absolute atomic E-state index is 5.00. The summed E-state index contributed by atoms with van der Waals surface area (Å²) in [6.07, 6.45) is 12.9. The molecule has 2 aliphatic rings. The van der Waals surface area contributed by atoms with Crippen molar-refractivity contribution in [1.82, 2.24) is 9.38 Å². The molecule has 2 saturated carbocycles. The van der Waals surface area contributed by atoms with E-state index in [0.717, 1.165) is 17.4 Å². The molecular weight excluding hydrogens is 402 g/mol. The van der Waals surface area contributed by atoms with Crippen molar-refractivity contribution in [2.75, 3.05) is 0 Å². The number of aromatic nitrogens is 3. The van der Waals surface area contributed by atoms with E-state index in [2.05, 4.69) is 65.4 Å². The van der Waals surface area contributed by atoms with Crippen LogP contribution >= 0.6 is 0 Å². The van der Waals surface area contributed by atoms with Crippen molar-refractivity contribution in [1.29, 1.82) is 0 Å². The van der Waals surface area contributed by atoms with Crippen molar-refractivity contribution < 1.29 is 4.57 Å². The molecule has 7 rings (SSSR count). The summed E-state index contributed by atoms with van der Waals surface area (Å²) < 4.78 is 4.89. The number of rotatable bonds is 2. The lowest BCUT2D eigenvalue weighted by molar-refractivity contribution is -0.617. The van der Waals surface area contributed by atoms with E-state index in [-0.39, 0.29) is 0 Å². The fourth-order valence-corrected chi connectivity index (χ4v) is 7.06. The van der Waals surface area contributed by atoms with Gasteiger partial charge in [0.15, 0.2) is 11.0 Å². The van der Waals surface area contributed by atoms with Gasteiger partial charge in [0, 0.05) is 11.6 Å². The Hall–Kier alpha value is -2.94. The van der Waals surface area contributed by atoms with Crippen molar-refractivity contribution in [2.45, 2.75) is 70.1 Å². The number of hydrogen-bond donors (Lipinski definition) is 0. The molecule has 3 heteroatoms. The first-order valence-electron chi connectivity index (χ1n) is 12.9. The van der Waals surface area contributed by atoms with Gasteiger partial charge in [-0.3, -0.25) is 4.98 Å². The van der Waals surface area contributed by atoms with Gasteiger partial charge >= 0.3 is 0 Å². The van der Waals surface area contributed by atoms with Gasteiger partial charge in [-0.05, 0) is 91.5 Å². The predicted molar refractivity (Wildman–Crippen MR) is 136 cm³/mol. The summed E-state index contributed by atoms with van der Waals surface area (Å²) in [5.41, 5.74) is 10.9. The van der Waals surface area contributed by atoms with Crippen molar-refractivity contribution in [3.05, 3.63) is 65.4 Å². The third kappa shape index (κ3) is 2.74. The fraction of sp³-hybridized carbons (Fsp3) is 0.400. The molecule has 0 bridgehead atoms. The molecule has 2 fully saturated rings. The lowest BCUT2D eigenvalue weighted by atomic mass is 9.84. The van der Waals surface area contributed by atoms with Crippen LogP contribution in [0.4, 0.5) is 0 Å². The van der Waals surface area contributed by atoms with Crippen LogP contribution < -0.4 is 4.57 Å². The molecule has 5 aromatic rings. The summed E-state index contributed by atoms with van der Waals surface area (Å²) in [6, 6.07) is 16.2. The smallest absolute Gasteiger partial charge is 0.255 e. The number of pyridine rings is 2. The van der Waals surface area contributed by atoms with E-state index in [1.165, 1.54) is 89.9 Å². The Kier molecular flexibility index (Phi) is 4.31. The van der Waals surface area contributed by atoms with Gasteiger partial charge in [-0.2, -0.15) is 4.40 Å². The summed E-state index contributed by atoms with van der Waals surface area (Å²) in [4.78, 5) is 5.00. The van der Waals surface area contributed by atoms with Gasteiger partial charge in [0.05, 0.1) is 18.0 Å². The molecule has 0 saturated heterocycles. The van der Waals surface area contributed by atoms with E-state index in [0.29, 0.717) is 0 Å². The highest BCUT2D eigenvalue weighted by Gasteiger charge is 2.30. The van der Waals surface area contributed by atoms with Gasteiger partial charge in [0.2, 0.25) is 0 Å². The average Bonchev–Trinajstić information content (AvgIpc) is 3.61. The number of benzene rings is 2. The second-order valence-electron chi connectivity index (χ2n) is 10.5. The van der Waals surface area contributed by atoms with E-state index >= 15 is 0 Å². The van der Waals surface area contributed by atoms with Crippen LogP contribution in [0.15, 0.2) is 48.7 Å². The molecule has 0 amide bonds. The Balaban J connectivity index is 1.71. The van der Waals surface area contributed by atoms with Crippen LogP contribution in [-0.2, 0) is 7.05 Å². The highest BCUT2D eigenvalue weighted by Crippen LogP contribution is 2.45. The summed E-state index contributed by atoms with van der Waals surface area (Å²) >= 11 is 0. The summed E-state index contributed by atoms with van der Waals surface area (Å²) in [5.74, 6) is 1.44. The molecule has 3 aromatic heterocycles. The number of nitrogens with zero attached hydrogens (tertiary/aromatic N) is 3. The van der Waals surface area contributed by atoms with Crippen LogP contribution in [-0.4, -0.2) is 9.38 Å². The zero-order valence-electron chi connectivity index (χ0n) is 19.8. The quantitative estimate of drug-likeness (QED) is 0.212. The fourth-order valence-electron chi connectivity index (χ4n) is 7.06. The number of para-hydroxylation sites is 2. The third-order valence-corrected chi connectivity index (χ3v) is 8.68. The molecule has 0 aliphatic heterocycles. The monoisotopic (exact) mass is 434 g/mol. The second-order valence-corrected chi connectivity index (χ2v) is 10.5. The van der Waals surface area contributed by atoms with Gasteiger partial charge in [-0.1, -0.05) is 37.8 Å².